The Kier molecular flexibility index (Phi) is 6.30. The zero-order valence-electron chi connectivity index (χ0n) is 23.7. The van der Waals surface area contributed by atoms with Crippen LogP contribution in [0.5, 0.6) is 17.2 Å². The van der Waals surface area contributed by atoms with Gasteiger partial charge in [0.15, 0.2) is 17.3 Å². The second-order valence-corrected chi connectivity index (χ2v) is 11.0. The number of carbonyl (C=O) groups excluding carboxylic acids is 3. The number of ether oxygens (including phenoxy) is 1. The van der Waals surface area contributed by atoms with Crippen molar-refractivity contribution in [2.24, 2.45) is 0 Å². The highest BCUT2D eigenvalue weighted by Crippen LogP contribution is 2.57. The first kappa shape index (κ1) is 27.1. The standard InChI is InChI=1S/C34H30N2O6/c1-17-30(39)28(19(3)37)32-29(31(17)40)34(4)26(42-32)14-25(38)27(33(34)41)18(2)35-15-22(20-10-6-5-7-11-20)23-16-36-24-13-9-8-12-21(23)24/h5-14,16,22,35-36,39-40H,15H2,1-4H3/b27-18+/t22-,34-/m0/s1. The minimum absolute atomic E-state index is 0.00723. The number of carbonyl (C=O) groups is 3. The number of aromatic nitrogens is 1. The van der Waals surface area contributed by atoms with Crippen molar-refractivity contribution in [1.29, 1.82) is 0 Å². The fourth-order valence-electron chi connectivity index (χ4n) is 6.18. The lowest BCUT2D eigenvalue weighted by molar-refractivity contribution is -0.123. The van der Waals surface area contributed by atoms with E-state index in [0.717, 1.165) is 22.0 Å². The molecule has 42 heavy (non-hydrogen) atoms. The van der Waals surface area contributed by atoms with E-state index >= 15 is 0 Å². The normalized spacial score (nSPS) is 19.6. The molecule has 0 saturated heterocycles. The molecule has 8 nitrogen and oxygen atoms in total. The first-order valence-corrected chi connectivity index (χ1v) is 13.7. The third-order valence-electron chi connectivity index (χ3n) is 8.53. The molecule has 1 aromatic heterocycles. The molecule has 0 unspecified atom stereocenters. The number of hydrogen-bond donors (Lipinski definition) is 4. The fraction of sp³-hybridized carbons (Fsp3) is 0.206. The summed E-state index contributed by atoms with van der Waals surface area (Å²) >= 11 is 0. The SMILES string of the molecule is CC(=O)c1c(O)c(C)c(O)c2c1OC1=CC(=O)/C(=C(/C)NC[C@@H](c3ccccc3)c3c[nH]c4ccccc34)C(=O)[C@@]12C. The first-order valence-electron chi connectivity index (χ1n) is 13.7. The smallest absolute Gasteiger partial charge is 0.194 e. The lowest BCUT2D eigenvalue weighted by atomic mass is 9.70. The van der Waals surface area contributed by atoms with E-state index in [1.165, 1.54) is 19.9 Å². The van der Waals surface area contributed by atoms with Gasteiger partial charge in [0.25, 0.3) is 0 Å². The van der Waals surface area contributed by atoms with Crippen LogP contribution in [-0.2, 0) is 15.0 Å². The number of allylic oxidation sites excluding steroid dienone is 4. The number of rotatable bonds is 6. The van der Waals surface area contributed by atoms with Crippen molar-refractivity contribution in [2.75, 3.05) is 6.54 Å². The van der Waals surface area contributed by atoms with Crippen LogP contribution in [0.4, 0.5) is 0 Å². The van der Waals surface area contributed by atoms with Gasteiger partial charge in [-0.3, -0.25) is 14.4 Å². The molecule has 1 aliphatic carbocycles. The molecule has 0 fully saturated rings. The molecule has 0 amide bonds. The number of nitrogens with one attached hydrogen (secondary N) is 2. The summed E-state index contributed by atoms with van der Waals surface area (Å²) in [6.07, 6.45) is 3.21. The van der Waals surface area contributed by atoms with Crippen LogP contribution >= 0.6 is 0 Å². The van der Waals surface area contributed by atoms with E-state index in [-0.39, 0.29) is 45.4 Å². The van der Waals surface area contributed by atoms with Gasteiger partial charge >= 0.3 is 0 Å². The number of para-hydroxylation sites is 1. The van der Waals surface area contributed by atoms with E-state index in [0.29, 0.717) is 12.2 Å². The topological polar surface area (TPSA) is 129 Å². The predicted octanol–water partition coefficient (Wildman–Crippen LogP) is 5.47. The lowest BCUT2D eigenvalue weighted by Crippen LogP contribution is -2.41. The average Bonchev–Trinajstić information content (AvgIpc) is 3.52. The molecule has 0 saturated carbocycles. The Morgan fingerprint density at radius 1 is 1.02 bits per heavy atom. The monoisotopic (exact) mass is 562 g/mol. The van der Waals surface area contributed by atoms with Gasteiger partial charge in [-0.2, -0.15) is 0 Å². The van der Waals surface area contributed by atoms with Crippen LogP contribution in [-0.4, -0.2) is 39.1 Å². The molecule has 2 aliphatic rings. The van der Waals surface area contributed by atoms with Gasteiger partial charge in [0, 0.05) is 46.9 Å². The molecular formula is C34H30N2O6. The molecule has 4 N–H and O–H groups in total. The summed E-state index contributed by atoms with van der Waals surface area (Å²) in [4.78, 5) is 43.3. The maximum absolute atomic E-state index is 14.2. The number of phenols is 2. The third kappa shape index (κ3) is 3.86. The Labute approximate surface area is 242 Å². The van der Waals surface area contributed by atoms with E-state index in [1.807, 2.05) is 54.7 Å². The van der Waals surface area contributed by atoms with Gasteiger partial charge in [0.2, 0.25) is 0 Å². The molecule has 1 aliphatic heterocycles. The van der Waals surface area contributed by atoms with Crippen LogP contribution in [0, 0.1) is 6.92 Å². The Morgan fingerprint density at radius 3 is 2.43 bits per heavy atom. The molecule has 6 rings (SSSR count). The van der Waals surface area contributed by atoms with E-state index in [9.17, 15) is 24.6 Å². The Bertz CT molecular complexity index is 1880. The number of phenolic OH excluding ortho intramolecular Hbond substituents is 2. The molecule has 2 heterocycles. The lowest BCUT2D eigenvalue weighted by Gasteiger charge is -2.29. The molecule has 0 spiro atoms. The summed E-state index contributed by atoms with van der Waals surface area (Å²) in [7, 11) is 0. The maximum Gasteiger partial charge on any atom is 0.194 e. The first-order chi connectivity index (χ1) is 20.1. The Morgan fingerprint density at radius 2 is 1.71 bits per heavy atom. The van der Waals surface area contributed by atoms with Crippen LogP contribution in [0.1, 0.15) is 59.3 Å². The van der Waals surface area contributed by atoms with Gasteiger partial charge < -0.3 is 25.3 Å². The largest absolute Gasteiger partial charge is 0.507 e. The Hall–Kier alpha value is -5.11. The van der Waals surface area contributed by atoms with Gasteiger partial charge in [-0.05, 0) is 44.9 Å². The highest BCUT2D eigenvalue weighted by atomic mass is 16.5. The number of Topliss-reactive ketones (excluding diaryl/α,β-unsaturated/α-hetero) is 2. The van der Waals surface area contributed by atoms with Crippen molar-refractivity contribution in [3.8, 4) is 17.2 Å². The number of ketones is 3. The summed E-state index contributed by atoms with van der Waals surface area (Å²) in [5.74, 6) is -2.57. The van der Waals surface area contributed by atoms with Crippen LogP contribution in [0.2, 0.25) is 0 Å². The van der Waals surface area contributed by atoms with Gasteiger partial charge in [0.05, 0.1) is 11.1 Å². The van der Waals surface area contributed by atoms with Crippen LogP contribution in [0.15, 0.2) is 83.9 Å². The highest BCUT2D eigenvalue weighted by Gasteiger charge is 2.56. The van der Waals surface area contributed by atoms with E-state index in [2.05, 4.69) is 16.4 Å². The minimum Gasteiger partial charge on any atom is -0.507 e. The zero-order chi connectivity index (χ0) is 29.9. The summed E-state index contributed by atoms with van der Waals surface area (Å²) in [5, 5.41) is 26.1. The summed E-state index contributed by atoms with van der Waals surface area (Å²) in [5.41, 5.74) is 1.91. The fourth-order valence-corrected chi connectivity index (χ4v) is 6.18. The maximum atomic E-state index is 14.2. The summed E-state index contributed by atoms with van der Waals surface area (Å²) in [6.45, 7) is 6.36. The van der Waals surface area contributed by atoms with Crippen molar-refractivity contribution in [3.63, 3.8) is 0 Å². The molecule has 3 aromatic carbocycles. The van der Waals surface area contributed by atoms with Crippen molar-refractivity contribution in [2.45, 2.75) is 39.0 Å². The van der Waals surface area contributed by atoms with Gasteiger partial charge in [-0.25, -0.2) is 0 Å². The molecule has 2 atom stereocenters. The average molecular weight is 563 g/mol. The molecular weight excluding hydrogens is 532 g/mol. The second kappa shape index (κ2) is 9.76. The number of aromatic hydroxyl groups is 2. The summed E-state index contributed by atoms with van der Waals surface area (Å²) in [6, 6.07) is 18.0. The zero-order valence-corrected chi connectivity index (χ0v) is 23.7. The number of H-pyrrole nitrogens is 1. The quantitative estimate of drug-likeness (QED) is 0.139. The summed E-state index contributed by atoms with van der Waals surface area (Å²) < 4.78 is 5.87. The molecule has 0 bridgehead atoms. The van der Waals surface area contributed by atoms with Crippen LogP contribution in [0.3, 0.4) is 0 Å². The number of benzene rings is 3. The van der Waals surface area contributed by atoms with Gasteiger partial charge in [-0.1, -0.05) is 48.5 Å². The van der Waals surface area contributed by atoms with Gasteiger partial charge in [-0.15, -0.1) is 0 Å². The predicted molar refractivity (Wildman–Crippen MR) is 158 cm³/mol. The van der Waals surface area contributed by atoms with E-state index in [4.69, 9.17) is 4.74 Å². The molecule has 4 aromatic rings. The number of aromatic amines is 1. The molecule has 0 radical (unpaired) electrons. The minimum atomic E-state index is -1.57. The van der Waals surface area contributed by atoms with Crippen LogP contribution in [0.25, 0.3) is 10.9 Å². The van der Waals surface area contributed by atoms with Gasteiger partial charge in [0.1, 0.15) is 34.0 Å². The number of hydrogen-bond acceptors (Lipinski definition) is 7. The van der Waals surface area contributed by atoms with Crippen molar-refractivity contribution >= 4 is 28.3 Å². The molecule has 8 heteroatoms. The number of fused-ring (bicyclic) bond motifs is 4. The third-order valence-corrected chi connectivity index (χ3v) is 8.53. The van der Waals surface area contributed by atoms with Crippen molar-refractivity contribution in [3.05, 3.63) is 112 Å². The van der Waals surface area contributed by atoms with Crippen molar-refractivity contribution in [1.82, 2.24) is 10.3 Å². The van der Waals surface area contributed by atoms with E-state index in [1.54, 1.807) is 13.8 Å². The van der Waals surface area contributed by atoms with Crippen molar-refractivity contribution < 1.29 is 29.3 Å². The molecule has 212 valence electrons. The Balaban J connectivity index is 1.41. The second-order valence-electron chi connectivity index (χ2n) is 11.0. The van der Waals surface area contributed by atoms with Crippen LogP contribution < -0.4 is 10.1 Å². The van der Waals surface area contributed by atoms with E-state index < -0.39 is 28.5 Å². The highest BCUT2D eigenvalue weighted by molar-refractivity contribution is 6.31.